The van der Waals surface area contributed by atoms with Crippen molar-refractivity contribution in [3.05, 3.63) is 52.6 Å². The average molecular weight is 398 g/mol. The highest BCUT2D eigenvalue weighted by Gasteiger charge is 2.26. The number of ether oxygens (including phenoxy) is 2. The minimum Gasteiger partial charge on any atom is -0.497 e. The first kappa shape index (κ1) is 20.6. The fourth-order valence-electron chi connectivity index (χ4n) is 3.85. The molecule has 0 N–H and O–H groups in total. The Labute approximate surface area is 170 Å². The molecule has 0 radical (unpaired) electrons. The van der Waals surface area contributed by atoms with E-state index in [1.165, 1.54) is 12.1 Å². The largest absolute Gasteiger partial charge is 0.497 e. The summed E-state index contributed by atoms with van der Waals surface area (Å²) in [5.74, 6) is 1.99. The monoisotopic (exact) mass is 398 g/mol. The molecular weight excluding hydrogens is 372 g/mol. The molecule has 2 aromatic carbocycles. The number of hydrogen-bond acceptors (Lipinski definition) is 5. The predicted molar refractivity (Wildman–Crippen MR) is 110 cm³/mol. The third-order valence-corrected chi connectivity index (χ3v) is 5.15. The van der Waals surface area contributed by atoms with E-state index in [0.29, 0.717) is 28.9 Å². The third-order valence-electron chi connectivity index (χ3n) is 5.15. The van der Waals surface area contributed by atoms with Crippen molar-refractivity contribution >= 4 is 11.6 Å². The van der Waals surface area contributed by atoms with Gasteiger partial charge in [0.05, 0.1) is 12.0 Å². The molecule has 154 valence electrons. The Balaban J connectivity index is 1.80. The van der Waals surface area contributed by atoms with Crippen molar-refractivity contribution in [1.29, 1.82) is 0 Å². The van der Waals surface area contributed by atoms with Crippen LogP contribution in [0.4, 0.5) is 5.69 Å². The number of benzene rings is 2. The molecule has 7 nitrogen and oxygen atoms in total. The normalized spacial score (nSPS) is 18.9. The van der Waals surface area contributed by atoms with Crippen LogP contribution >= 0.6 is 0 Å². The van der Waals surface area contributed by atoms with Crippen molar-refractivity contribution in [2.75, 3.05) is 26.8 Å². The number of hydrogen-bond donors (Lipinski definition) is 0. The fourth-order valence-corrected chi connectivity index (χ4v) is 3.85. The molecule has 1 aliphatic heterocycles. The van der Waals surface area contributed by atoms with Crippen LogP contribution in [-0.4, -0.2) is 42.5 Å². The maximum Gasteiger partial charge on any atom is 0.270 e. The van der Waals surface area contributed by atoms with Gasteiger partial charge in [-0.1, -0.05) is 26.0 Å². The maximum absolute atomic E-state index is 12.6. The van der Waals surface area contributed by atoms with Gasteiger partial charge in [-0.3, -0.25) is 14.9 Å². The Morgan fingerprint density at radius 1 is 1.14 bits per heavy atom. The molecule has 0 aliphatic carbocycles. The number of nitro groups is 1. The van der Waals surface area contributed by atoms with Crippen molar-refractivity contribution in [3.8, 4) is 22.6 Å². The van der Waals surface area contributed by atoms with E-state index in [0.717, 1.165) is 25.1 Å². The van der Waals surface area contributed by atoms with Gasteiger partial charge in [0.25, 0.3) is 11.6 Å². The minimum absolute atomic E-state index is 0.0341. The number of carbonyl (C=O) groups is 1. The number of nitro benzene ring substituents is 1. The SMILES string of the molecule is COc1ccc(-c2cc([N+](=O)[O-])ccc2OCC(=O)N2C[C@H](C)C[C@H](C)C2)cc1. The molecule has 7 heteroatoms. The van der Waals surface area contributed by atoms with Gasteiger partial charge in [0.1, 0.15) is 11.5 Å². The summed E-state index contributed by atoms with van der Waals surface area (Å²) < 4.78 is 11.0. The number of methoxy groups -OCH3 is 1. The van der Waals surface area contributed by atoms with E-state index in [2.05, 4.69) is 13.8 Å². The van der Waals surface area contributed by atoms with E-state index in [1.54, 1.807) is 37.4 Å². The molecule has 0 unspecified atom stereocenters. The molecule has 0 aromatic heterocycles. The first-order valence-electron chi connectivity index (χ1n) is 9.70. The summed E-state index contributed by atoms with van der Waals surface area (Å²) in [6, 6.07) is 11.6. The number of rotatable bonds is 6. The van der Waals surface area contributed by atoms with Crippen LogP contribution < -0.4 is 9.47 Å². The Bertz CT molecular complexity index is 871. The summed E-state index contributed by atoms with van der Waals surface area (Å²) in [5.41, 5.74) is 1.28. The van der Waals surface area contributed by atoms with Crippen LogP contribution in [0.25, 0.3) is 11.1 Å². The van der Waals surface area contributed by atoms with Crippen LogP contribution in [0.5, 0.6) is 11.5 Å². The predicted octanol–water partition coefficient (Wildman–Crippen LogP) is 4.15. The highest BCUT2D eigenvalue weighted by atomic mass is 16.6. The van der Waals surface area contributed by atoms with Gasteiger partial charge in [0.2, 0.25) is 0 Å². The van der Waals surface area contributed by atoms with Gasteiger partial charge in [0.15, 0.2) is 6.61 Å². The lowest BCUT2D eigenvalue weighted by atomic mass is 9.92. The molecule has 0 bridgehead atoms. The summed E-state index contributed by atoms with van der Waals surface area (Å²) in [6.45, 7) is 5.67. The lowest BCUT2D eigenvalue weighted by Gasteiger charge is -2.34. The van der Waals surface area contributed by atoms with Crippen LogP contribution in [0.2, 0.25) is 0 Å². The Hall–Kier alpha value is -3.09. The fraction of sp³-hybridized carbons (Fsp3) is 0.409. The second kappa shape index (κ2) is 8.94. The van der Waals surface area contributed by atoms with E-state index < -0.39 is 4.92 Å². The zero-order valence-electron chi connectivity index (χ0n) is 17.0. The molecule has 2 aromatic rings. The molecular formula is C22H26N2O5. The van der Waals surface area contributed by atoms with Gasteiger partial charge in [-0.2, -0.15) is 0 Å². The summed E-state index contributed by atoms with van der Waals surface area (Å²) in [7, 11) is 1.57. The number of carbonyl (C=O) groups excluding carboxylic acids is 1. The van der Waals surface area contributed by atoms with Crippen molar-refractivity contribution in [3.63, 3.8) is 0 Å². The number of amides is 1. The zero-order chi connectivity index (χ0) is 21.0. The van der Waals surface area contributed by atoms with Crippen molar-refractivity contribution in [1.82, 2.24) is 4.90 Å². The van der Waals surface area contributed by atoms with Crippen molar-refractivity contribution in [2.45, 2.75) is 20.3 Å². The van der Waals surface area contributed by atoms with Crippen molar-refractivity contribution < 1.29 is 19.2 Å². The van der Waals surface area contributed by atoms with Gasteiger partial charge in [-0.05, 0) is 42.0 Å². The summed E-state index contributed by atoms with van der Waals surface area (Å²) >= 11 is 0. The lowest BCUT2D eigenvalue weighted by molar-refractivity contribution is -0.384. The molecule has 1 heterocycles. The maximum atomic E-state index is 12.6. The lowest BCUT2D eigenvalue weighted by Crippen LogP contribution is -2.44. The van der Waals surface area contributed by atoms with Gasteiger partial charge < -0.3 is 14.4 Å². The number of piperidine rings is 1. The second-order valence-electron chi connectivity index (χ2n) is 7.70. The second-order valence-corrected chi connectivity index (χ2v) is 7.70. The molecule has 1 fully saturated rings. The summed E-state index contributed by atoms with van der Waals surface area (Å²) in [5, 5.41) is 11.2. The quantitative estimate of drug-likeness (QED) is 0.539. The first-order chi connectivity index (χ1) is 13.9. The number of non-ortho nitro benzene ring substituents is 1. The van der Waals surface area contributed by atoms with E-state index in [-0.39, 0.29) is 18.2 Å². The number of likely N-dealkylation sites (tertiary alicyclic amines) is 1. The van der Waals surface area contributed by atoms with Gasteiger partial charge in [-0.15, -0.1) is 0 Å². The third kappa shape index (κ3) is 5.04. The number of nitrogens with zero attached hydrogens (tertiary/aromatic N) is 2. The van der Waals surface area contributed by atoms with Crippen LogP contribution in [0.3, 0.4) is 0 Å². The van der Waals surface area contributed by atoms with E-state index in [9.17, 15) is 14.9 Å². The topological polar surface area (TPSA) is 81.9 Å². The summed E-state index contributed by atoms with van der Waals surface area (Å²) in [4.78, 5) is 25.3. The molecule has 0 spiro atoms. The van der Waals surface area contributed by atoms with Crippen LogP contribution in [-0.2, 0) is 4.79 Å². The van der Waals surface area contributed by atoms with E-state index >= 15 is 0 Å². The smallest absolute Gasteiger partial charge is 0.270 e. The molecule has 3 rings (SSSR count). The molecule has 2 atom stereocenters. The highest BCUT2D eigenvalue weighted by molar-refractivity contribution is 5.79. The molecule has 1 saturated heterocycles. The van der Waals surface area contributed by atoms with Gasteiger partial charge >= 0.3 is 0 Å². The molecule has 29 heavy (non-hydrogen) atoms. The Morgan fingerprint density at radius 3 is 2.38 bits per heavy atom. The van der Waals surface area contributed by atoms with Gasteiger partial charge in [0, 0.05) is 30.8 Å². The van der Waals surface area contributed by atoms with Crippen LogP contribution in [0, 0.1) is 22.0 Å². The Kier molecular flexibility index (Phi) is 6.36. The van der Waals surface area contributed by atoms with Crippen LogP contribution in [0.15, 0.2) is 42.5 Å². The summed E-state index contributed by atoms with van der Waals surface area (Å²) in [6.07, 6.45) is 1.12. The Morgan fingerprint density at radius 2 is 1.79 bits per heavy atom. The van der Waals surface area contributed by atoms with E-state index in [1.807, 2.05) is 4.90 Å². The van der Waals surface area contributed by atoms with Crippen LogP contribution in [0.1, 0.15) is 20.3 Å². The van der Waals surface area contributed by atoms with Crippen molar-refractivity contribution in [2.24, 2.45) is 11.8 Å². The van der Waals surface area contributed by atoms with Gasteiger partial charge in [-0.25, -0.2) is 0 Å². The first-order valence-corrected chi connectivity index (χ1v) is 9.70. The average Bonchev–Trinajstić information content (AvgIpc) is 2.71. The van der Waals surface area contributed by atoms with E-state index in [4.69, 9.17) is 9.47 Å². The minimum atomic E-state index is -0.446. The standard InChI is InChI=1S/C22H26N2O5/c1-15-10-16(2)13-23(12-15)22(25)14-29-21-9-6-18(24(26)27)11-20(21)17-4-7-19(28-3)8-5-17/h4-9,11,15-16H,10,12-14H2,1-3H3/t15-,16+. The zero-order valence-corrected chi connectivity index (χ0v) is 17.0. The molecule has 0 saturated carbocycles. The molecule has 1 amide bonds. The highest BCUT2D eigenvalue weighted by Crippen LogP contribution is 2.34. The molecule has 1 aliphatic rings.